The number of ether oxygens (including phenoxy) is 1. The molecule has 4 heterocycles. The number of fused-ring (bicyclic) bond motifs is 1. The second-order valence-electron chi connectivity index (χ2n) is 14.1. The highest BCUT2D eigenvalue weighted by atomic mass is 19.3. The molecule has 1 aliphatic rings. The van der Waals surface area contributed by atoms with Crippen LogP contribution in [0.3, 0.4) is 0 Å². The Labute approximate surface area is 277 Å². The van der Waals surface area contributed by atoms with Crippen LogP contribution in [0.15, 0.2) is 76.6 Å². The summed E-state index contributed by atoms with van der Waals surface area (Å²) >= 11 is 0. The van der Waals surface area contributed by atoms with E-state index in [4.69, 9.17) is 4.74 Å². The van der Waals surface area contributed by atoms with Gasteiger partial charge in [0.05, 0.1) is 42.3 Å². The lowest BCUT2D eigenvalue weighted by Gasteiger charge is -2.42. The van der Waals surface area contributed by atoms with Gasteiger partial charge in [-0.15, -0.1) is 0 Å². The average molecular weight is 656 g/mol. The SMILES string of the molecule is Cc1c(-c2cc(Nc3ccc(OC(C)(C)CN4CC(F)(F)C4)cn3)c(=O)n(C)n2)cccc1-n1ncc2cc(C(C)(C)C)ccc2c1=O. The number of aromatic nitrogens is 5. The van der Waals surface area contributed by atoms with E-state index in [0.29, 0.717) is 34.9 Å². The van der Waals surface area contributed by atoms with Crippen molar-refractivity contribution in [1.29, 1.82) is 0 Å². The summed E-state index contributed by atoms with van der Waals surface area (Å²) in [5.74, 6) is -1.76. The van der Waals surface area contributed by atoms with Crippen LogP contribution in [0, 0.1) is 6.92 Å². The summed E-state index contributed by atoms with van der Waals surface area (Å²) in [5, 5.41) is 13.5. The van der Waals surface area contributed by atoms with Gasteiger partial charge < -0.3 is 10.1 Å². The molecule has 1 fully saturated rings. The summed E-state index contributed by atoms with van der Waals surface area (Å²) in [6.45, 7) is 11.7. The first-order valence-electron chi connectivity index (χ1n) is 15.7. The van der Waals surface area contributed by atoms with Crippen LogP contribution in [-0.2, 0) is 12.5 Å². The molecule has 250 valence electrons. The monoisotopic (exact) mass is 655 g/mol. The Morgan fingerprint density at radius 1 is 0.958 bits per heavy atom. The van der Waals surface area contributed by atoms with Crippen LogP contribution in [0.1, 0.15) is 45.7 Å². The predicted molar refractivity (Wildman–Crippen MR) is 183 cm³/mol. The van der Waals surface area contributed by atoms with Crippen molar-refractivity contribution in [3.8, 4) is 22.7 Å². The van der Waals surface area contributed by atoms with Gasteiger partial charge in [0.1, 0.15) is 22.9 Å². The molecule has 0 aliphatic carbocycles. The van der Waals surface area contributed by atoms with Crippen molar-refractivity contribution < 1.29 is 13.5 Å². The van der Waals surface area contributed by atoms with Crippen molar-refractivity contribution in [2.24, 2.45) is 7.05 Å². The number of halogens is 2. The number of likely N-dealkylation sites (tertiary alicyclic amines) is 1. The number of pyridine rings is 1. The van der Waals surface area contributed by atoms with Gasteiger partial charge in [0, 0.05) is 24.5 Å². The Morgan fingerprint density at radius 2 is 1.71 bits per heavy atom. The highest BCUT2D eigenvalue weighted by molar-refractivity contribution is 5.82. The lowest BCUT2D eigenvalue weighted by molar-refractivity contribution is -0.144. The number of alkyl halides is 2. The number of nitrogens with zero attached hydrogens (tertiary/aromatic N) is 6. The molecular formula is C36H39F2N7O3. The van der Waals surface area contributed by atoms with Gasteiger partial charge in [-0.3, -0.25) is 14.5 Å². The van der Waals surface area contributed by atoms with Crippen molar-refractivity contribution in [1.82, 2.24) is 29.4 Å². The molecule has 12 heteroatoms. The maximum atomic E-state index is 13.6. The Hall–Kier alpha value is -4.97. The molecule has 0 spiro atoms. The first-order valence-corrected chi connectivity index (χ1v) is 15.7. The second-order valence-corrected chi connectivity index (χ2v) is 14.1. The van der Waals surface area contributed by atoms with Gasteiger partial charge in [-0.2, -0.15) is 14.9 Å². The van der Waals surface area contributed by atoms with Gasteiger partial charge in [0.2, 0.25) is 0 Å². The Balaban J connectivity index is 1.25. The van der Waals surface area contributed by atoms with E-state index in [2.05, 4.69) is 41.3 Å². The lowest BCUT2D eigenvalue weighted by Crippen LogP contribution is -2.60. The van der Waals surface area contributed by atoms with Crippen molar-refractivity contribution >= 4 is 22.3 Å². The molecule has 0 bridgehead atoms. The molecule has 0 amide bonds. The molecular weight excluding hydrogens is 616 g/mol. The molecule has 0 atom stereocenters. The highest BCUT2D eigenvalue weighted by Gasteiger charge is 2.45. The molecule has 1 saturated heterocycles. The largest absolute Gasteiger partial charge is 0.485 e. The minimum absolute atomic E-state index is 0.0600. The molecule has 6 rings (SSSR count). The number of nitrogens with one attached hydrogen (secondary N) is 1. The summed E-state index contributed by atoms with van der Waals surface area (Å²) in [7, 11) is 1.57. The third kappa shape index (κ3) is 6.70. The summed E-state index contributed by atoms with van der Waals surface area (Å²) in [6.07, 6.45) is 3.23. The van der Waals surface area contributed by atoms with Crippen LogP contribution < -0.4 is 21.2 Å². The Kier molecular flexibility index (Phi) is 8.19. The van der Waals surface area contributed by atoms with E-state index in [1.807, 2.05) is 57.2 Å². The van der Waals surface area contributed by atoms with Crippen molar-refractivity contribution in [3.05, 3.63) is 98.8 Å². The molecule has 48 heavy (non-hydrogen) atoms. The molecule has 0 saturated carbocycles. The van der Waals surface area contributed by atoms with Gasteiger partial charge >= 0.3 is 0 Å². The van der Waals surface area contributed by atoms with E-state index in [9.17, 15) is 18.4 Å². The summed E-state index contributed by atoms with van der Waals surface area (Å²) in [6, 6.07) is 16.4. The summed E-state index contributed by atoms with van der Waals surface area (Å²) < 4.78 is 35.2. The molecule has 0 radical (unpaired) electrons. The van der Waals surface area contributed by atoms with Gasteiger partial charge in [0.15, 0.2) is 0 Å². The predicted octanol–water partition coefficient (Wildman–Crippen LogP) is 6.00. The first kappa shape index (κ1) is 33.0. The molecule has 5 aromatic rings. The number of aryl methyl sites for hydroxylation is 1. The molecule has 1 aliphatic heterocycles. The quantitative estimate of drug-likeness (QED) is 0.217. The van der Waals surface area contributed by atoms with Crippen LogP contribution >= 0.6 is 0 Å². The van der Waals surface area contributed by atoms with E-state index in [1.54, 1.807) is 36.3 Å². The molecule has 1 N–H and O–H groups in total. The van der Waals surface area contributed by atoms with Crippen molar-refractivity contribution in [2.75, 3.05) is 25.0 Å². The molecule has 0 unspecified atom stereocenters. The third-order valence-electron chi connectivity index (χ3n) is 8.43. The zero-order chi connectivity index (χ0) is 34.6. The van der Waals surface area contributed by atoms with Gasteiger partial charge in [0.25, 0.3) is 17.0 Å². The van der Waals surface area contributed by atoms with Gasteiger partial charge in [-0.05, 0) is 73.7 Å². The highest BCUT2D eigenvalue weighted by Crippen LogP contribution is 2.31. The third-order valence-corrected chi connectivity index (χ3v) is 8.43. The number of hydrogen-bond acceptors (Lipinski definition) is 8. The molecule has 10 nitrogen and oxygen atoms in total. The zero-order valence-electron chi connectivity index (χ0n) is 28.1. The topological polar surface area (TPSA) is 107 Å². The van der Waals surface area contributed by atoms with E-state index in [1.165, 1.54) is 15.6 Å². The normalized spacial score (nSPS) is 14.9. The standard InChI is InChI=1S/C36H39F2N7O3/c1-22-26(9-8-10-30(22)45-32(46)27-13-11-24(34(2,3)4)15-23(27)17-40-45)28-16-29(33(47)43(7)42-28)41-31-14-12-25(18-39-31)48-35(5,6)19-44-20-36(37,38)21-44/h8-18H,19-21H2,1-7H3,(H,39,41). The number of rotatable bonds is 8. The van der Waals surface area contributed by atoms with Crippen LogP contribution in [0.2, 0.25) is 0 Å². The lowest BCUT2D eigenvalue weighted by atomic mass is 9.86. The van der Waals surface area contributed by atoms with Crippen LogP contribution in [-0.4, -0.2) is 60.6 Å². The van der Waals surface area contributed by atoms with Crippen LogP contribution in [0.25, 0.3) is 27.7 Å². The fraction of sp³-hybridized carbons (Fsp3) is 0.361. The minimum atomic E-state index is -2.64. The maximum absolute atomic E-state index is 13.6. The fourth-order valence-electron chi connectivity index (χ4n) is 6.01. The molecule has 3 aromatic heterocycles. The Morgan fingerprint density at radius 3 is 2.38 bits per heavy atom. The first-order chi connectivity index (χ1) is 22.5. The molecule has 2 aromatic carbocycles. The number of anilines is 2. The van der Waals surface area contributed by atoms with Crippen molar-refractivity contribution in [3.63, 3.8) is 0 Å². The maximum Gasteiger partial charge on any atom is 0.290 e. The second kappa shape index (κ2) is 11.9. The smallest absolute Gasteiger partial charge is 0.290 e. The average Bonchev–Trinajstić information content (AvgIpc) is 2.99. The fourth-order valence-corrected chi connectivity index (χ4v) is 6.01. The van der Waals surface area contributed by atoms with Crippen LogP contribution in [0.5, 0.6) is 5.75 Å². The summed E-state index contributed by atoms with van der Waals surface area (Å²) in [5.41, 5.74) is 2.62. The number of benzene rings is 2. The van der Waals surface area contributed by atoms with E-state index in [0.717, 1.165) is 22.1 Å². The zero-order valence-corrected chi connectivity index (χ0v) is 28.1. The van der Waals surface area contributed by atoms with Gasteiger partial charge in [-0.1, -0.05) is 39.0 Å². The van der Waals surface area contributed by atoms with Crippen molar-refractivity contribution in [2.45, 2.75) is 58.5 Å². The summed E-state index contributed by atoms with van der Waals surface area (Å²) in [4.78, 5) is 32.8. The minimum Gasteiger partial charge on any atom is -0.485 e. The van der Waals surface area contributed by atoms with Crippen LogP contribution in [0.4, 0.5) is 20.3 Å². The van der Waals surface area contributed by atoms with E-state index in [-0.39, 0.29) is 35.3 Å². The Bertz CT molecular complexity index is 2130. The van der Waals surface area contributed by atoms with E-state index < -0.39 is 11.5 Å². The van der Waals surface area contributed by atoms with Gasteiger partial charge in [-0.25, -0.2) is 18.4 Å². The van der Waals surface area contributed by atoms with E-state index >= 15 is 0 Å². The number of hydrogen-bond donors (Lipinski definition) is 1.